The standard InChI is InChI=1S/C12H13N3O3/c1-8-6-12(13-7-10(8)15(16)17)14-9(2)11-4-3-5-18-11/h3-7,9H,1-2H3,(H,13,14). The van der Waals surface area contributed by atoms with Crippen LogP contribution in [0.25, 0.3) is 0 Å². The molecule has 94 valence electrons. The number of pyridine rings is 1. The summed E-state index contributed by atoms with van der Waals surface area (Å²) >= 11 is 0. The van der Waals surface area contributed by atoms with Crippen LogP contribution in [-0.2, 0) is 0 Å². The van der Waals surface area contributed by atoms with Gasteiger partial charge in [-0.3, -0.25) is 10.1 Å². The van der Waals surface area contributed by atoms with Crippen molar-refractivity contribution in [2.75, 3.05) is 5.32 Å². The highest BCUT2D eigenvalue weighted by molar-refractivity contribution is 5.47. The van der Waals surface area contributed by atoms with Crippen LogP contribution in [0.1, 0.15) is 24.3 Å². The Morgan fingerprint density at radius 3 is 2.89 bits per heavy atom. The molecule has 2 aromatic rings. The van der Waals surface area contributed by atoms with Gasteiger partial charge < -0.3 is 9.73 Å². The third kappa shape index (κ3) is 2.48. The Morgan fingerprint density at radius 1 is 1.56 bits per heavy atom. The SMILES string of the molecule is Cc1cc(NC(C)c2ccco2)ncc1[N+](=O)[O-]. The van der Waals surface area contributed by atoms with E-state index in [9.17, 15) is 10.1 Å². The third-order valence-corrected chi connectivity index (χ3v) is 2.61. The lowest BCUT2D eigenvalue weighted by Crippen LogP contribution is -2.07. The van der Waals surface area contributed by atoms with Crippen molar-refractivity contribution in [1.29, 1.82) is 0 Å². The molecular weight excluding hydrogens is 234 g/mol. The summed E-state index contributed by atoms with van der Waals surface area (Å²) in [6, 6.07) is 5.27. The van der Waals surface area contributed by atoms with Crippen molar-refractivity contribution in [1.82, 2.24) is 4.98 Å². The van der Waals surface area contributed by atoms with Crippen molar-refractivity contribution in [2.24, 2.45) is 0 Å². The molecule has 1 unspecified atom stereocenters. The van der Waals surface area contributed by atoms with Crippen LogP contribution in [0.15, 0.2) is 35.1 Å². The Morgan fingerprint density at radius 2 is 2.33 bits per heavy atom. The summed E-state index contributed by atoms with van der Waals surface area (Å²) < 4.78 is 5.26. The number of nitro groups is 1. The molecule has 0 aliphatic rings. The van der Waals surface area contributed by atoms with Crippen LogP contribution < -0.4 is 5.32 Å². The Labute approximate surface area is 104 Å². The summed E-state index contributed by atoms with van der Waals surface area (Å²) in [6.45, 7) is 3.61. The second-order valence-corrected chi connectivity index (χ2v) is 3.99. The van der Waals surface area contributed by atoms with Gasteiger partial charge in [0.15, 0.2) is 0 Å². The van der Waals surface area contributed by atoms with Crippen LogP contribution in [0.2, 0.25) is 0 Å². The van der Waals surface area contributed by atoms with Crippen LogP contribution >= 0.6 is 0 Å². The van der Waals surface area contributed by atoms with Crippen LogP contribution in [0.4, 0.5) is 11.5 Å². The quantitative estimate of drug-likeness (QED) is 0.663. The zero-order valence-electron chi connectivity index (χ0n) is 10.1. The fourth-order valence-electron chi connectivity index (χ4n) is 1.65. The number of aryl methyl sites for hydroxylation is 1. The minimum atomic E-state index is -0.442. The normalized spacial score (nSPS) is 12.1. The van der Waals surface area contributed by atoms with Gasteiger partial charge in [0.05, 0.1) is 17.2 Å². The molecule has 0 amide bonds. The number of anilines is 1. The van der Waals surface area contributed by atoms with Crippen molar-refractivity contribution < 1.29 is 9.34 Å². The van der Waals surface area contributed by atoms with Crippen LogP contribution in [0, 0.1) is 17.0 Å². The maximum atomic E-state index is 10.7. The van der Waals surface area contributed by atoms with Crippen molar-refractivity contribution in [2.45, 2.75) is 19.9 Å². The van der Waals surface area contributed by atoms with Gasteiger partial charge in [0.2, 0.25) is 0 Å². The number of nitrogens with one attached hydrogen (secondary N) is 1. The summed E-state index contributed by atoms with van der Waals surface area (Å²) in [6.07, 6.45) is 2.86. The fraction of sp³-hybridized carbons (Fsp3) is 0.250. The van der Waals surface area contributed by atoms with Gasteiger partial charge in [-0.25, -0.2) is 4.98 Å². The smallest absolute Gasteiger partial charge is 0.290 e. The number of rotatable bonds is 4. The molecule has 0 aliphatic carbocycles. The molecule has 0 radical (unpaired) electrons. The van der Waals surface area contributed by atoms with Crippen molar-refractivity contribution in [3.05, 3.63) is 52.1 Å². The minimum Gasteiger partial charge on any atom is -0.467 e. The van der Waals surface area contributed by atoms with Crippen LogP contribution in [0.5, 0.6) is 0 Å². The Balaban J connectivity index is 2.15. The van der Waals surface area contributed by atoms with E-state index in [0.717, 1.165) is 5.76 Å². The molecule has 2 aromatic heterocycles. The lowest BCUT2D eigenvalue weighted by Gasteiger charge is -2.12. The summed E-state index contributed by atoms with van der Waals surface area (Å²) in [5.74, 6) is 1.37. The van der Waals surface area contributed by atoms with Gasteiger partial charge in [0.25, 0.3) is 5.69 Å². The number of nitrogens with zero attached hydrogens (tertiary/aromatic N) is 2. The first-order valence-corrected chi connectivity index (χ1v) is 5.49. The van der Waals surface area contributed by atoms with Crippen LogP contribution in [0.3, 0.4) is 0 Å². The second kappa shape index (κ2) is 4.87. The first kappa shape index (κ1) is 12.1. The average Bonchev–Trinajstić information content (AvgIpc) is 2.81. The molecule has 2 heterocycles. The zero-order chi connectivity index (χ0) is 13.1. The van der Waals surface area contributed by atoms with Gasteiger partial charge in [-0.2, -0.15) is 0 Å². The number of furan rings is 1. The van der Waals surface area contributed by atoms with E-state index < -0.39 is 4.92 Å². The molecule has 6 nitrogen and oxygen atoms in total. The summed E-state index contributed by atoms with van der Waals surface area (Å²) in [5, 5.41) is 13.8. The van der Waals surface area contributed by atoms with E-state index >= 15 is 0 Å². The lowest BCUT2D eigenvalue weighted by atomic mass is 10.2. The maximum absolute atomic E-state index is 10.7. The molecular formula is C12H13N3O3. The lowest BCUT2D eigenvalue weighted by molar-refractivity contribution is -0.385. The number of hydrogen-bond acceptors (Lipinski definition) is 5. The van der Waals surface area contributed by atoms with Crippen LogP contribution in [-0.4, -0.2) is 9.91 Å². The van der Waals surface area contributed by atoms with Gasteiger partial charge in [-0.1, -0.05) is 0 Å². The molecule has 0 aromatic carbocycles. The summed E-state index contributed by atoms with van der Waals surface area (Å²) in [7, 11) is 0. The van der Waals surface area contributed by atoms with E-state index in [2.05, 4.69) is 10.3 Å². The van der Waals surface area contributed by atoms with Gasteiger partial charge >= 0.3 is 0 Å². The molecule has 18 heavy (non-hydrogen) atoms. The molecule has 0 spiro atoms. The highest BCUT2D eigenvalue weighted by Crippen LogP contribution is 2.22. The topological polar surface area (TPSA) is 81.2 Å². The van der Waals surface area contributed by atoms with E-state index in [1.165, 1.54) is 6.20 Å². The minimum absolute atomic E-state index is 0.0196. The molecule has 0 saturated heterocycles. The Kier molecular flexibility index (Phi) is 3.27. The molecule has 0 aliphatic heterocycles. The molecule has 1 atom stereocenters. The van der Waals surface area contributed by atoms with Crippen molar-refractivity contribution in [3.63, 3.8) is 0 Å². The van der Waals surface area contributed by atoms with Gasteiger partial charge in [0.1, 0.15) is 17.8 Å². The average molecular weight is 247 g/mol. The number of aromatic nitrogens is 1. The molecule has 2 rings (SSSR count). The molecule has 0 saturated carbocycles. The van der Waals surface area contributed by atoms with Crippen molar-refractivity contribution >= 4 is 11.5 Å². The van der Waals surface area contributed by atoms with E-state index in [4.69, 9.17) is 4.42 Å². The summed E-state index contributed by atoms with van der Waals surface area (Å²) in [4.78, 5) is 14.2. The Hall–Kier alpha value is -2.37. The predicted molar refractivity (Wildman–Crippen MR) is 66.4 cm³/mol. The molecule has 0 bridgehead atoms. The summed E-state index contributed by atoms with van der Waals surface area (Å²) in [5.41, 5.74) is 0.593. The second-order valence-electron chi connectivity index (χ2n) is 3.99. The Bertz CT molecular complexity index is 552. The number of hydrogen-bond donors (Lipinski definition) is 1. The van der Waals surface area contributed by atoms with Crippen molar-refractivity contribution in [3.8, 4) is 0 Å². The molecule has 6 heteroatoms. The highest BCUT2D eigenvalue weighted by atomic mass is 16.6. The first-order chi connectivity index (χ1) is 8.58. The molecule has 1 N–H and O–H groups in total. The van der Waals surface area contributed by atoms with Gasteiger partial charge in [-0.05, 0) is 32.0 Å². The first-order valence-electron chi connectivity index (χ1n) is 5.49. The molecule has 0 fully saturated rings. The predicted octanol–water partition coefficient (Wildman–Crippen LogP) is 3.06. The zero-order valence-corrected chi connectivity index (χ0v) is 10.1. The highest BCUT2D eigenvalue weighted by Gasteiger charge is 2.13. The monoisotopic (exact) mass is 247 g/mol. The van der Waals surface area contributed by atoms with Gasteiger partial charge in [-0.15, -0.1) is 0 Å². The van der Waals surface area contributed by atoms with E-state index in [-0.39, 0.29) is 11.7 Å². The third-order valence-electron chi connectivity index (χ3n) is 2.61. The van der Waals surface area contributed by atoms with E-state index in [1.54, 1.807) is 19.3 Å². The van der Waals surface area contributed by atoms with Gasteiger partial charge in [0, 0.05) is 5.56 Å². The largest absolute Gasteiger partial charge is 0.467 e. The van der Waals surface area contributed by atoms with E-state index in [0.29, 0.717) is 11.4 Å². The fourth-order valence-corrected chi connectivity index (χ4v) is 1.65. The van der Waals surface area contributed by atoms with E-state index in [1.807, 2.05) is 19.1 Å². The maximum Gasteiger partial charge on any atom is 0.290 e.